The van der Waals surface area contributed by atoms with Crippen molar-refractivity contribution in [2.75, 3.05) is 5.33 Å². The Morgan fingerprint density at radius 2 is 2.36 bits per heavy atom. The molecule has 1 nitrogen and oxygen atoms in total. The Labute approximate surface area is 75.9 Å². The monoisotopic (exact) mass is 211 g/mol. The molecule has 0 saturated heterocycles. The normalized spacial score (nSPS) is 12.5. The summed E-state index contributed by atoms with van der Waals surface area (Å²) in [6.45, 7) is 5.34. The van der Waals surface area contributed by atoms with Gasteiger partial charge in [0.1, 0.15) is 0 Å². The summed E-state index contributed by atoms with van der Waals surface area (Å²) in [5.41, 5.74) is 1.73. The summed E-state index contributed by atoms with van der Waals surface area (Å²) in [6, 6.07) is 2.09. The molecule has 0 aromatic carbocycles. The van der Waals surface area contributed by atoms with Crippen molar-refractivity contribution in [2.45, 2.75) is 6.92 Å². The summed E-state index contributed by atoms with van der Waals surface area (Å²) in [6.07, 6.45) is 5.38. The molecule has 0 spiro atoms. The van der Waals surface area contributed by atoms with E-state index in [9.17, 15) is 0 Å². The summed E-state index contributed by atoms with van der Waals surface area (Å²) in [7, 11) is 0. The molecule has 0 saturated carbocycles. The van der Waals surface area contributed by atoms with Crippen LogP contribution in [0, 0.1) is 11.3 Å². The van der Waals surface area contributed by atoms with Crippen LogP contribution in [0.2, 0.25) is 0 Å². The molecule has 0 aromatic rings. The van der Waals surface area contributed by atoms with E-state index in [1.165, 1.54) is 0 Å². The van der Waals surface area contributed by atoms with Gasteiger partial charge in [0.05, 0.1) is 6.07 Å². The number of hydrogen-bond acceptors (Lipinski definition) is 1. The fourth-order valence-corrected chi connectivity index (χ4v) is 1.13. The molecule has 0 unspecified atom stereocenters. The molecule has 0 aliphatic carbocycles. The van der Waals surface area contributed by atoms with Gasteiger partial charge in [0.25, 0.3) is 0 Å². The second kappa shape index (κ2) is 5.94. The van der Waals surface area contributed by atoms with Gasteiger partial charge in [0, 0.05) is 10.9 Å². The third kappa shape index (κ3) is 3.79. The number of nitrogens with zero attached hydrogens (tertiary/aromatic N) is 1. The zero-order valence-corrected chi connectivity index (χ0v) is 8.06. The largest absolute Gasteiger partial charge is 0.193 e. The van der Waals surface area contributed by atoms with Crippen molar-refractivity contribution >= 4 is 15.9 Å². The van der Waals surface area contributed by atoms with Gasteiger partial charge in [-0.3, -0.25) is 0 Å². The Hall–Kier alpha value is -0.810. The maximum absolute atomic E-state index is 8.55. The Kier molecular flexibility index (Phi) is 5.50. The van der Waals surface area contributed by atoms with E-state index in [1.807, 2.05) is 12.2 Å². The molecule has 58 valence electrons. The van der Waals surface area contributed by atoms with E-state index in [2.05, 4.69) is 28.6 Å². The van der Waals surface area contributed by atoms with Crippen molar-refractivity contribution in [3.05, 3.63) is 36.0 Å². The first-order valence-corrected chi connectivity index (χ1v) is 4.33. The minimum absolute atomic E-state index is 0.705. The quantitative estimate of drug-likeness (QED) is 0.400. The molecule has 0 amide bonds. The third-order valence-corrected chi connectivity index (χ3v) is 1.83. The van der Waals surface area contributed by atoms with Gasteiger partial charge in [-0.05, 0) is 12.5 Å². The van der Waals surface area contributed by atoms with Crippen LogP contribution in [0.1, 0.15) is 6.92 Å². The zero-order valence-electron chi connectivity index (χ0n) is 6.47. The molecule has 0 rings (SSSR count). The molecule has 0 aliphatic rings. The summed E-state index contributed by atoms with van der Waals surface area (Å²) >= 11 is 3.29. The number of alkyl halides is 1. The maximum Gasteiger partial charge on any atom is 0.0947 e. The summed E-state index contributed by atoms with van der Waals surface area (Å²) in [4.78, 5) is 0. The Balaban J connectivity index is 4.55. The molecule has 0 fully saturated rings. The first-order chi connectivity index (χ1) is 5.26. The van der Waals surface area contributed by atoms with E-state index in [-0.39, 0.29) is 0 Å². The van der Waals surface area contributed by atoms with Gasteiger partial charge in [-0.2, -0.15) is 5.26 Å². The maximum atomic E-state index is 8.55. The zero-order chi connectivity index (χ0) is 8.69. The van der Waals surface area contributed by atoms with Gasteiger partial charge in [-0.25, -0.2) is 0 Å². The highest BCUT2D eigenvalue weighted by Gasteiger charge is 1.93. The first kappa shape index (κ1) is 10.2. The highest BCUT2D eigenvalue weighted by molar-refractivity contribution is 9.09. The van der Waals surface area contributed by atoms with Gasteiger partial charge in [0.15, 0.2) is 0 Å². The number of allylic oxidation sites excluding steroid dienone is 5. The lowest BCUT2D eigenvalue weighted by atomic mass is 10.1. The number of hydrogen-bond donors (Lipinski definition) is 0. The minimum atomic E-state index is 0.705. The minimum Gasteiger partial charge on any atom is -0.193 e. The second-order valence-electron chi connectivity index (χ2n) is 1.99. The highest BCUT2D eigenvalue weighted by atomic mass is 79.9. The molecule has 0 N–H and O–H groups in total. The van der Waals surface area contributed by atoms with Crippen LogP contribution in [0.3, 0.4) is 0 Å². The van der Waals surface area contributed by atoms with Crippen molar-refractivity contribution in [3.8, 4) is 6.07 Å². The van der Waals surface area contributed by atoms with Crippen molar-refractivity contribution in [1.82, 2.24) is 0 Å². The van der Waals surface area contributed by atoms with E-state index in [0.29, 0.717) is 5.33 Å². The van der Waals surface area contributed by atoms with Crippen LogP contribution in [0.25, 0.3) is 0 Å². The fourth-order valence-electron chi connectivity index (χ4n) is 0.526. The lowest BCUT2D eigenvalue weighted by Crippen LogP contribution is -1.83. The van der Waals surface area contributed by atoms with Crippen LogP contribution in [0.15, 0.2) is 36.0 Å². The predicted molar refractivity (Wildman–Crippen MR) is 51.4 cm³/mol. The highest BCUT2D eigenvalue weighted by Crippen LogP contribution is 2.07. The van der Waals surface area contributed by atoms with Crippen LogP contribution in [-0.2, 0) is 0 Å². The molecular weight excluding hydrogens is 202 g/mol. The van der Waals surface area contributed by atoms with Crippen LogP contribution < -0.4 is 0 Å². The van der Waals surface area contributed by atoms with E-state index in [1.54, 1.807) is 13.0 Å². The average molecular weight is 212 g/mol. The SMILES string of the molecule is C=C/C=C\C(CBr)=C(/C)C#N. The smallest absolute Gasteiger partial charge is 0.0947 e. The van der Waals surface area contributed by atoms with Crippen molar-refractivity contribution in [3.63, 3.8) is 0 Å². The Morgan fingerprint density at radius 1 is 1.73 bits per heavy atom. The summed E-state index contributed by atoms with van der Waals surface area (Å²) < 4.78 is 0. The predicted octanol–water partition coefficient (Wildman–Crippen LogP) is 2.96. The molecule has 0 heterocycles. The lowest BCUT2D eigenvalue weighted by molar-refractivity contribution is 1.37. The van der Waals surface area contributed by atoms with Gasteiger partial charge >= 0.3 is 0 Å². The van der Waals surface area contributed by atoms with Crippen LogP contribution in [0.4, 0.5) is 0 Å². The fraction of sp³-hybridized carbons (Fsp3) is 0.222. The summed E-state index contributed by atoms with van der Waals surface area (Å²) in [5.74, 6) is 0. The Morgan fingerprint density at radius 3 is 2.73 bits per heavy atom. The number of rotatable bonds is 3. The molecular formula is C9H10BrN. The molecule has 2 heteroatoms. The van der Waals surface area contributed by atoms with Crippen molar-refractivity contribution < 1.29 is 0 Å². The van der Waals surface area contributed by atoms with E-state index >= 15 is 0 Å². The standard InChI is InChI=1S/C9H10BrN/c1-3-4-5-9(6-10)8(2)7-11/h3-5H,1,6H2,2H3/b5-4-,9-8-. The van der Waals surface area contributed by atoms with E-state index in [0.717, 1.165) is 11.1 Å². The number of halogens is 1. The van der Waals surface area contributed by atoms with Crippen LogP contribution >= 0.6 is 15.9 Å². The van der Waals surface area contributed by atoms with Crippen LogP contribution in [-0.4, -0.2) is 5.33 Å². The number of nitriles is 1. The van der Waals surface area contributed by atoms with Crippen molar-refractivity contribution in [2.24, 2.45) is 0 Å². The van der Waals surface area contributed by atoms with Crippen LogP contribution in [0.5, 0.6) is 0 Å². The lowest BCUT2D eigenvalue weighted by Gasteiger charge is -1.94. The molecule has 0 bridgehead atoms. The van der Waals surface area contributed by atoms with E-state index in [4.69, 9.17) is 5.26 Å². The molecule has 0 aliphatic heterocycles. The van der Waals surface area contributed by atoms with Gasteiger partial charge in [-0.15, -0.1) is 0 Å². The molecule has 0 atom stereocenters. The molecule has 0 aromatic heterocycles. The topological polar surface area (TPSA) is 23.8 Å². The third-order valence-electron chi connectivity index (χ3n) is 1.23. The van der Waals surface area contributed by atoms with Gasteiger partial charge < -0.3 is 0 Å². The molecule has 11 heavy (non-hydrogen) atoms. The van der Waals surface area contributed by atoms with Crippen molar-refractivity contribution in [1.29, 1.82) is 5.26 Å². The first-order valence-electron chi connectivity index (χ1n) is 3.21. The van der Waals surface area contributed by atoms with Gasteiger partial charge in [-0.1, -0.05) is 40.7 Å². The average Bonchev–Trinajstić information content (AvgIpc) is 2.05. The Bertz CT molecular complexity index is 230. The summed E-state index contributed by atoms with van der Waals surface area (Å²) in [5, 5.41) is 9.25. The molecule has 0 radical (unpaired) electrons. The second-order valence-corrected chi connectivity index (χ2v) is 2.55. The van der Waals surface area contributed by atoms with Gasteiger partial charge in [0.2, 0.25) is 0 Å². The van der Waals surface area contributed by atoms with E-state index < -0.39 is 0 Å².